The van der Waals surface area contributed by atoms with Crippen molar-refractivity contribution in [3.8, 4) is 0 Å². The molecular weight excluding hydrogens is 639 g/mol. The van der Waals surface area contributed by atoms with Crippen LogP contribution >= 0.6 is 0 Å². The van der Waals surface area contributed by atoms with E-state index in [1.54, 1.807) is 24.2 Å². The molecule has 1 atom stereocenters. The van der Waals surface area contributed by atoms with Crippen molar-refractivity contribution in [1.29, 1.82) is 0 Å². The Morgan fingerprint density at radius 3 is 2.02 bits per heavy atom. The molecule has 0 amide bonds. The molecule has 0 bridgehead atoms. The van der Waals surface area contributed by atoms with Gasteiger partial charge in [0.1, 0.15) is 5.78 Å². The van der Waals surface area contributed by atoms with Gasteiger partial charge in [-0.05, 0) is 82.9 Å². The average Bonchev–Trinajstić information content (AvgIpc) is 3.14. The number of rotatable bonds is 21. The van der Waals surface area contributed by atoms with Gasteiger partial charge in [0.05, 0.1) is 5.41 Å². The molecular formula is C47H79N3O2. The number of hydrazine groups is 1. The number of ketones is 1. The van der Waals surface area contributed by atoms with E-state index in [4.69, 9.17) is 16.3 Å². The lowest BCUT2D eigenvalue weighted by molar-refractivity contribution is -0.117. The minimum atomic E-state index is -0.468. The number of nitrogens with two attached hydrogens (primary N) is 2. The highest BCUT2D eigenvalue weighted by Crippen LogP contribution is 2.45. The zero-order valence-corrected chi connectivity index (χ0v) is 34.9. The number of carbonyl (C=O) groups excluding carboxylic acids is 1. The number of nitrogens with zero attached hydrogens (tertiary/aromatic N) is 1. The van der Waals surface area contributed by atoms with Crippen molar-refractivity contribution >= 4 is 5.78 Å². The smallest absolute Gasteiger partial charge is 0.131 e. The molecule has 294 valence electrons. The predicted molar refractivity (Wildman–Crippen MR) is 233 cm³/mol. The summed E-state index contributed by atoms with van der Waals surface area (Å²) < 4.78 is 5.44. The van der Waals surface area contributed by atoms with E-state index in [2.05, 4.69) is 83.5 Å². The van der Waals surface area contributed by atoms with Crippen LogP contribution in [0.5, 0.6) is 0 Å². The Hall–Kier alpha value is -3.67. The van der Waals surface area contributed by atoms with Gasteiger partial charge in [-0.1, -0.05) is 145 Å². The predicted octanol–water partition coefficient (Wildman–Crippen LogP) is 12.8. The average molecular weight is 718 g/mol. The van der Waals surface area contributed by atoms with Crippen molar-refractivity contribution in [3.05, 3.63) is 133 Å². The summed E-state index contributed by atoms with van der Waals surface area (Å²) in [5, 5.41) is 1.67. The van der Waals surface area contributed by atoms with Gasteiger partial charge in [-0.2, -0.15) is 0 Å². The normalized spacial score (nSPS) is 13.3. The number of ether oxygens (including phenoxy) is 1. The Labute approximate surface area is 322 Å². The highest BCUT2D eigenvalue weighted by molar-refractivity contribution is 5.80. The maximum Gasteiger partial charge on any atom is 0.131 e. The van der Waals surface area contributed by atoms with Gasteiger partial charge in [0, 0.05) is 38.1 Å². The molecule has 0 aromatic heterocycles. The van der Waals surface area contributed by atoms with Crippen LogP contribution in [-0.4, -0.2) is 30.6 Å². The molecule has 1 aliphatic rings. The molecule has 4 N–H and O–H groups in total. The third kappa shape index (κ3) is 26.2. The molecule has 1 aromatic carbocycles. The van der Waals surface area contributed by atoms with Gasteiger partial charge in [0.15, 0.2) is 0 Å². The number of carbonyl (C=O) groups is 1. The van der Waals surface area contributed by atoms with E-state index in [1.807, 2.05) is 58.0 Å². The number of unbranched alkanes of at least 4 members (excludes halogenated alkanes) is 5. The van der Waals surface area contributed by atoms with Crippen LogP contribution in [0.1, 0.15) is 138 Å². The maximum atomic E-state index is 12.3. The molecule has 5 nitrogen and oxygen atoms in total. The molecule has 2 rings (SSSR count). The van der Waals surface area contributed by atoms with Crippen molar-refractivity contribution in [2.75, 3.05) is 19.8 Å². The first kappa shape index (κ1) is 52.7. The van der Waals surface area contributed by atoms with Crippen LogP contribution in [0.25, 0.3) is 0 Å². The molecule has 1 aromatic rings. The van der Waals surface area contributed by atoms with Crippen LogP contribution in [0, 0.1) is 0 Å². The lowest BCUT2D eigenvalue weighted by atomic mass is 9.64. The third-order valence-corrected chi connectivity index (χ3v) is 7.75. The molecule has 0 aliphatic heterocycles. The Morgan fingerprint density at radius 1 is 0.942 bits per heavy atom. The Bertz CT molecular complexity index is 1190. The largest absolute Gasteiger partial charge is 0.401 e. The van der Waals surface area contributed by atoms with Gasteiger partial charge in [0.25, 0.3) is 0 Å². The van der Waals surface area contributed by atoms with Crippen LogP contribution in [0.2, 0.25) is 0 Å². The minimum Gasteiger partial charge on any atom is -0.401 e. The molecule has 52 heavy (non-hydrogen) atoms. The Balaban J connectivity index is -0.000000755. The fourth-order valence-electron chi connectivity index (χ4n) is 5.68. The molecule has 1 unspecified atom stereocenters. The van der Waals surface area contributed by atoms with Crippen molar-refractivity contribution in [2.24, 2.45) is 11.6 Å². The second-order valence-corrected chi connectivity index (χ2v) is 12.7. The van der Waals surface area contributed by atoms with Crippen LogP contribution < -0.4 is 11.6 Å². The first-order valence-electron chi connectivity index (χ1n) is 19.6. The molecule has 0 heterocycles. The van der Waals surface area contributed by atoms with Gasteiger partial charge >= 0.3 is 0 Å². The van der Waals surface area contributed by atoms with E-state index >= 15 is 0 Å². The lowest BCUT2D eigenvalue weighted by Crippen LogP contribution is -2.33. The van der Waals surface area contributed by atoms with Crippen molar-refractivity contribution in [3.63, 3.8) is 0 Å². The standard InChI is InChI=1S/C23H26O.C14H31N3O.C6H12.C2H6.C2H4/c1-4-12-20(13-5-2)23(18-19(3)24,21-14-8-6-9-15-21)22-16-10-7-11-17-22;1-3-11-18-12-9-7-5-4-6-8-10-17(16)13-14(2)15;1-4-5-6(2)3;2*1-2/h4-6,8-10,12-17H,1,7,11,18H2,2-3H3;13H,3-12,15-16H2,1-2H3;2,4-5H2,1,3H3;1-2H3;1-2H2/b13-5-,20-12+;14-13-;;;. The summed E-state index contributed by atoms with van der Waals surface area (Å²) in [4.78, 5) is 12.3. The van der Waals surface area contributed by atoms with E-state index in [0.717, 1.165) is 62.3 Å². The van der Waals surface area contributed by atoms with Crippen molar-refractivity contribution in [2.45, 2.75) is 138 Å². The van der Waals surface area contributed by atoms with Crippen LogP contribution in [-0.2, 0) is 14.9 Å². The van der Waals surface area contributed by atoms with Crippen LogP contribution in [0.4, 0.5) is 0 Å². The molecule has 1 aliphatic carbocycles. The summed E-state index contributed by atoms with van der Waals surface area (Å²) in [7, 11) is 0. The van der Waals surface area contributed by atoms with E-state index in [9.17, 15) is 4.79 Å². The van der Waals surface area contributed by atoms with E-state index in [0.29, 0.717) is 6.42 Å². The molecule has 0 saturated carbocycles. The van der Waals surface area contributed by atoms with Crippen LogP contribution in [0.3, 0.4) is 0 Å². The van der Waals surface area contributed by atoms with Gasteiger partial charge in [-0.25, -0.2) is 5.84 Å². The van der Waals surface area contributed by atoms with Gasteiger partial charge in [-0.15, -0.1) is 19.7 Å². The highest BCUT2D eigenvalue weighted by Gasteiger charge is 2.39. The SMILES string of the molecule is C=C.C=C(C)CCC.C=C/C=C(\C=C/C)C(CC(C)=O)(C1=CCCC=C1)c1ccccc1.CC.CCCOCCCCCCCCN(N)/C=C(/C)N. The number of hydrogen-bond donors (Lipinski definition) is 2. The minimum absolute atomic E-state index is 0.179. The molecule has 0 radical (unpaired) electrons. The number of allylic oxidation sites excluding steroid dienone is 11. The van der Waals surface area contributed by atoms with Crippen LogP contribution in [0.15, 0.2) is 128 Å². The zero-order chi connectivity index (χ0) is 40.0. The zero-order valence-electron chi connectivity index (χ0n) is 34.9. The second-order valence-electron chi connectivity index (χ2n) is 12.7. The number of Topliss-reactive ketones (excluding diaryl/α,β-unsaturated/α-hetero) is 1. The summed E-state index contributed by atoms with van der Waals surface area (Å²) in [5.41, 5.74) is 10.6. The summed E-state index contributed by atoms with van der Waals surface area (Å²) >= 11 is 0. The highest BCUT2D eigenvalue weighted by atomic mass is 16.5. The summed E-state index contributed by atoms with van der Waals surface area (Å²) in [5.74, 6) is 5.92. The second kappa shape index (κ2) is 37.1. The lowest BCUT2D eigenvalue weighted by Gasteiger charge is -2.38. The summed E-state index contributed by atoms with van der Waals surface area (Å²) in [6.07, 6.45) is 29.9. The van der Waals surface area contributed by atoms with Gasteiger partial charge in [0.2, 0.25) is 0 Å². The summed E-state index contributed by atoms with van der Waals surface area (Å²) in [6, 6.07) is 10.3. The Kier molecular flexibility index (Phi) is 37.6. The number of hydrogen-bond acceptors (Lipinski definition) is 5. The Morgan fingerprint density at radius 2 is 1.56 bits per heavy atom. The van der Waals surface area contributed by atoms with Crippen molar-refractivity contribution < 1.29 is 9.53 Å². The molecule has 0 spiro atoms. The number of benzene rings is 1. The molecule has 0 fully saturated rings. The van der Waals surface area contributed by atoms with Crippen molar-refractivity contribution in [1.82, 2.24) is 5.01 Å². The fourth-order valence-corrected chi connectivity index (χ4v) is 5.68. The maximum absolute atomic E-state index is 12.3. The van der Waals surface area contributed by atoms with E-state index in [1.165, 1.54) is 56.1 Å². The fraction of sp³-hybridized carbons (Fsp3) is 0.511. The third-order valence-electron chi connectivity index (χ3n) is 7.75. The topological polar surface area (TPSA) is 81.6 Å². The summed E-state index contributed by atoms with van der Waals surface area (Å²) in [6.45, 7) is 32.2. The van der Waals surface area contributed by atoms with E-state index in [-0.39, 0.29) is 5.78 Å². The first-order chi connectivity index (χ1) is 25.1. The van der Waals surface area contributed by atoms with Gasteiger partial charge < -0.3 is 15.5 Å². The van der Waals surface area contributed by atoms with Gasteiger partial charge in [-0.3, -0.25) is 4.79 Å². The first-order valence-corrected chi connectivity index (χ1v) is 19.6. The quantitative estimate of drug-likeness (QED) is 0.0435. The monoisotopic (exact) mass is 718 g/mol. The molecule has 5 heteroatoms. The molecule has 0 saturated heterocycles. The van der Waals surface area contributed by atoms with E-state index < -0.39 is 5.41 Å².